The minimum absolute atomic E-state index is 0.0342. The number of thioether (sulfide) groups is 1. The minimum atomic E-state index is -0.607. The number of nitrogens with zero attached hydrogens (tertiary/aromatic N) is 4. The number of nitrogens with one attached hydrogen (secondary N) is 1. The third kappa shape index (κ3) is 2.88. The Morgan fingerprint density at radius 2 is 2.00 bits per heavy atom. The van der Waals surface area contributed by atoms with E-state index in [4.69, 9.17) is 9.83 Å². The Hall–Kier alpha value is -3.85. The molecule has 0 aliphatic carbocycles. The van der Waals surface area contributed by atoms with E-state index in [1.165, 1.54) is 29.1 Å². The summed E-state index contributed by atoms with van der Waals surface area (Å²) in [7, 11) is 0. The summed E-state index contributed by atoms with van der Waals surface area (Å²) in [6, 6.07) is 10.4. The molecule has 2 aliphatic rings. The highest BCUT2D eigenvalue weighted by Gasteiger charge is 2.36. The zero-order valence-corrected chi connectivity index (χ0v) is 15.5. The lowest BCUT2D eigenvalue weighted by atomic mass is 10.1. The second kappa shape index (κ2) is 6.64. The molecular weight excluding hydrogens is 390 g/mol. The Balaban J connectivity index is 1.56. The van der Waals surface area contributed by atoms with Crippen molar-refractivity contribution in [3.05, 3.63) is 82.0 Å². The van der Waals surface area contributed by atoms with Crippen LogP contribution >= 0.6 is 11.8 Å². The van der Waals surface area contributed by atoms with Crippen LogP contribution < -0.4 is 5.43 Å². The molecule has 8 nitrogen and oxygen atoms in total. The predicted molar refractivity (Wildman–Crippen MR) is 111 cm³/mol. The predicted octanol–water partition coefficient (Wildman–Crippen LogP) is 2.86. The van der Waals surface area contributed by atoms with E-state index >= 15 is 0 Å². The highest BCUT2D eigenvalue weighted by molar-refractivity contribution is 8.27. The normalized spacial score (nSPS) is 17.5. The maximum Gasteiger partial charge on any atom is 0.283 e. The summed E-state index contributed by atoms with van der Waals surface area (Å²) in [5, 5.41) is 15.4. The monoisotopic (exact) mass is 401 g/mol. The summed E-state index contributed by atoms with van der Waals surface area (Å²) >= 11 is 1.19. The molecule has 0 saturated carbocycles. The van der Waals surface area contributed by atoms with Crippen LogP contribution in [-0.4, -0.2) is 31.9 Å². The molecule has 0 radical (unpaired) electrons. The second-order valence-electron chi connectivity index (χ2n) is 6.18. The topological polar surface area (TPSA) is 112 Å². The number of rotatable bonds is 2. The van der Waals surface area contributed by atoms with Crippen LogP contribution in [0.1, 0.15) is 11.1 Å². The van der Waals surface area contributed by atoms with Gasteiger partial charge in [0.2, 0.25) is 5.17 Å². The third-order valence-corrected chi connectivity index (χ3v) is 5.33. The van der Waals surface area contributed by atoms with Crippen LogP contribution in [-0.2, 0) is 4.79 Å². The van der Waals surface area contributed by atoms with Gasteiger partial charge in [-0.1, -0.05) is 12.1 Å². The maximum absolute atomic E-state index is 12.7. The number of pyridine rings is 1. The molecule has 3 aromatic rings. The SMILES string of the molecule is N=C1/C(=C/c2coc3ccccc3c2=O)C(=O)N=C2SC(c3cccnc3)=NN12. The van der Waals surface area contributed by atoms with Gasteiger partial charge >= 0.3 is 0 Å². The number of carbonyl (C=O) groups excluding carboxylic acids is 1. The summed E-state index contributed by atoms with van der Waals surface area (Å²) in [4.78, 5) is 33.3. The molecule has 1 aromatic carbocycles. The fourth-order valence-electron chi connectivity index (χ4n) is 2.95. The number of amidine groups is 2. The van der Waals surface area contributed by atoms with E-state index in [1.54, 1.807) is 42.7 Å². The van der Waals surface area contributed by atoms with Crippen molar-refractivity contribution in [3.8, 4) is 0 Å². The van der Waals surface area contributed by atoms with Crippen molar-refractivity contribution in [3.63, 3.8) is 0 Å². The highest BCUT2D eigenvalue weighted by Crippen LogP contribution is 2.30. The van der Waals surface area contributed by atoms with E-state index in [0.29, 0.717) is 21.2 Å². The molecule has 0 bridgehead atoms. The van der Waals surface area contributed by atoms with Crippen LogP contribution in [0.15, 0.2) is 79.9 Å². The number of carbonyl (C=O) groups is 1. The van der Waals surface area contributed by atoms with Gasteiger partial charge in [-0.25, -0.2) is 0 Å². The Labute approximate surface area is 167 Å². The lowest BCUT2D eigenvalue weighted by molar-refractivity contribution is -0.114. The molecule has 2 aliphatic heterocycles. The Kier molecular flexibility index (Phi) is 3.95. The number of hydrogen-bond donors (Lipinski definition) is 1. The number of hydrazone groups is 1. The van der Waals surface area contributed by atoms with E-state index in [1.807, 2.05) is 6.07 Å². The van der Waals surface area contributed by atoms with E-state index < -0.39 is 5.91 Å². The van der Waals surface area contributed by atoms with E-state index in [9.17, 15) is 9.59 Å². The smallest absolute Gasteiger partial charge is 0.283 e. The van der Waals surface area contributed by atoms with Crippen molar-refractivity contribution in [1.82, 2.24) is 9.99 Å². The molecule has 5 rings (SSSR count). The van der Waals surface area contributed by atoms with Gasteiger partial charge in [-0.05, 0) is 42.1 Å². The van der Waals surface area contributed by atoms with Gasteiger partial charge in [0.15, 0.2) is 11.3 Å². The zero-order chi connectivity index (χ0) is 20.0. The molecule has 0 atom stereocenters. The van der Waals surface area contributed by atoms with Gasteiger partial charge in [0.05, 0.1) is 16.5 Å². The molecule has 0 saturated heterocycles. The van der Waals surface area contributed by atoms with E-state index in [-0.39, 0.29) is 22.4 Å². The van der Waals surface area contributed by atoms with Gasteiger partial charge in [0.1, 0.15) is 16.9 Å². The Bertz CT molecular complexity index is 1340. The number of aromatic nitrogens is 1. The summed E-state index contributed by atoms with van der Waals surface area (Å²) in [6.45, 7) is 0. The standard InChI is InChI=1S/C20H11N5O3S/c21-17-14(8-12-10-28-15-6-2-1-5-13(15)16(12)26)18(27)23-20-25(17)24-19(29-20)11-4-3-7-22-9-11/h1-10,21H/b14-8-,21-17?. The highest BCUT2D eigenvalue weighted by atomic mass is 32.2. The summed E-state index contributed by atoms with van der Waals surface area (Å²) in [5.41, 5.74) is 1.05. The first kappa shape index (κ1) is 17.3. The number of para-hydroxylation sites is 1. The van der Waals surface area contributed by atoms with Gasteiger partial charge in [-0.15, -0.1) is 0 Å². The molecule has 0 spiro atoms. The lowest BCUT2D eigenvalue weighted by Gasteiger charge is -2.20. The average molecular weight is 401 g/mol. The van der Waals surface area contributed by atoms with Gasteiger partial charge in [-0.2, -0.15) is 15.1 Å². The molecule has 29 heavy (non-hydrogen) atoms. The molecule has 0 unspecified atom stereocenters. The summed E-state index contributed by atoms with van der Waals surface area (Å²) < 4.78 is 5.48. The van der Waals surface area contributed by atoms with Crippen molar-refractivity contribution in [2.75, 3.05) is 0 Å². The lowest BCUT2D eigenvalue weighted by Crippen LogP contribution is -2.35. The van der Waals surface area contributed by atoms with Crippen LogP contribution in [0.3, 0.4) is 0 Å². The van der Waals surface area contributed by atoms with Crippen molar-refractivity contribution < 1.29 is 9.21 Å². The molecule has 4 heterocycles. The first-order chi connectivity index (χ1) is 14.1. The number of aliphatic imine (C=N–C) groups is 1. The third-order valence-electron chi connectivity index (χ3n) is 4.37. The van der Waals surface area contributed by atoms with Crippen molar-refractivity contribution >= 4 is 50.8 Å². The van der Waals surface area contributed by atoms with Crippen molar-refractivity contribution in [2.45, 2.75) is 0 Å². The largest absolute Gasteiger partial charge is 0.463 e. The van der Waals surface area contributed by atoms with E-state index in [2.05, 4.69) is 15.1 Å². The number of amides is 1. The molecule has 0 fully saturated rings. The first-order valence-corrected chi connectivity index (χ1v) is 9.34. The molecule has 140 valence electrons. The van der Waals surface area contributed by atoms with Crippen LogP contribution in [0.5, 0.6) is 0 Å². The van der Waals surface area contributed by atoms with Crippen LogP contribution in [0.25, 0.3) is 17.0 Å². The number of fused-ring (bicyclic) bond motifs is 2. The fourth-order valence-corrected chi connectivity index (χ4v) is 3.83. The number of benzene rings is 1. The summed E-state index contributed by atoms with van der Waals surface area (Å²) in [5.74, 6) is -0.761. The van der Waals surface area contributed by atoms with Gasteiger partial charge in [0, 0.05) is 18.0 Å². The maximum atomic E-state index is 12.7. The van der Waals surface area contributed by atoms with E-state index in [0.717, 1.165) is 5.56 Å². The van der Waals surface area contributed by atoms with Gasteiger partial charge < -0.3 is 4.42 Å². The van der Waals surface area contributed by atoms with Gasteiger partial charge in [0.25, 0.3) is 5.91 Å². The van der Waals surface area contributed by atoms with Crippen LogP contribution in [0.4, 0.5) is 0 Å². The minimum Gasteiger partial charge on any atom is -0.463 e. The van der Waals surface area contributed by atoms with Crippen molar-refractivity contribution in [1.29, 1.82) is 5.41 Å². The zero-order valence-electron chi connectivity index (χ0n) is 14.7. The van der Waals surface area contributed by atoms with Gasteiger partial charge in [-0.3, -0.25) is 20.0 Å². The number of hydrogen-bond acceptors (Lipinski definition) is 7. The Morgan fingerprint density at radius 3 is 2.83 bits per heavy atom. The van der Waals surface area contributed by atoms with Crippen molar-refractivity contribution in [2.24, 2.45) is 10.1 Å². The van der Waals surface area contributed by atoms with Crippen LogP contribution in [0.2, 0.25) is 0 Å². The molecule has 9 heteroatoms. The second-order valence-corrected chi connectivity index (χ2v) is 7.14. The molecule has 1 N–H and O–H groups in total. The molecule has 2 aromatic heterocycles. The summed E-state index contributed by atoms with van der Waals surface area (Å²) in [6.07, 6.45) is 5.90. The fraction of sp³-hybridized carbons (Fsp3) is 0. The quantitative estimate of drug-likeness (QED) is 0.661. The Morgan fingerprint density at radius 1 is 1.14 bits per heavy atom. The first-order valence-electron chi connectivity index (χ1n) is 8.53. The van der Waals surface area contributed by atoms with Crippen LogP contribution in [0, 0.1) is 5.41 Å². The average Bonchev–Trinajstić information content (AvgIpc) is 3.17. The molecule has 1 amide bonds. The molecular formula is C20H11N5O3S.